The van der Waals surface area contributed by atoms with Gasteiger partial charge in [-0.1, -0.05) is 24.3 Å². The average Bonchev–Trinajstić information content (AvgIpc) is 2.84. The molecule has 0 unspecified atom stereocenters. The third-order valence-electron chi connectivity index (χ3n) is 6.23. The van der Waals surface area contributed by atoms with Crippen LogP contribution in [0.2, 0.25) is 0 Å². The van der Waals surface area contributed by atoms with Gasteiger partial charge in [0.05, 0.1) is 23.6 Å². The van der Waals surface area contributed by atoms with Crippen molar-refractivity contribution in [1.29, 1.82) is 0 Å². The highest BCUT2D eigenvalue weighted by Crippen LogP contribution is 2.45. The molecule has 2 aromatic heterocycles. The monoisotopic (exact) mass is 468 g/mol. The van der Waals surface area contributed by atoms with E-state index < -0.39 is 23.1 Å². The molecule has 2 N–H and O–H groups in total. The van der Waals surface area contributed by atoms with Gasteiger partial charge in [0.1, 0.15) is 40.1 Å². The van der Waals surface area contributed by atoms with E-state index in [0.29, 0.717) is 22.1 Å². The molecule has 0 fully saturated rings. The number of phenols is 2. The van der Waals surface area contributed by atoms with Gasteiger partial charge in [0.2, 0.25) is 5.43 Å². The lowest BCUT2D eigenvalue weighted by Gasteiger charge is -2.25. The van der Waals surface area contributed by atoms with E-state index in [1.807, 2.05) is 0 Å². The van der Waals surface area contributed by atoms with Crippen molar-refractivity contribution < 1.29 is 28.6 Å². The summed E-state index contributed by atoms with van der Waals surface area (Å²) in [4.78, 5) is 39.1. The number of rotatable bonds is 2. The molecule has 1 aliphatic heterocycles. The minimum atomic E-state index is -0.821. The van der Waals surface area contributed by atoms with E-state index in [1.165, 1.54) is 30.7 Å². The Bertz CT molecular complexity index is 1780. The van der Waals surface area contributed by atoms with Crippen molar-refractivity contribution in [2.45, 2.75) is 12.3 Å². The quantitative estimate of drug-likeness (QED) is 0.288. The molecule has 3 aromatic carbocycles. The van der Waals surface area contributed by atoms with Gasteiger partial charge < -0.3 is 23.8 Å². The smallest absolute Gasteiger partial charge is 0.312 e. The molecule has 8 heteroatoms. The summed E-state index contributed by atoms with van der Waals surface area (Å²) in [5, 5.41) is 20.5. The van der Waals surface area contributed by atoms with Crippen LogP contribution in [0.5, 0.6) is 17.2 Å². The van der Waals surface area contributed by atoms with Gasteiger partial charge in [-0.25, -0.2) is 0 Å². The van der Waals surface area contributed by atoms with Crippen LogP contribution in [0.25, 0.3) is 33.1 Å². The third-order valence-corrected chi connectivity index (χ3v) is 6.23. The molecule has 1 aliphatic rings. The van der Waals surface area contributed by atoms with Gasteiger partial charge in [0, 0.05) is 23.1 Å². The van der Waals surface area contributed by atoms with Gasteiger partial charge in [0.15, 0.2) is 5.43 Å². The molecule has 0 bridgehead atoms. The maximum Gasteiger partial charge on any atom is 0.312 e. The van der Waals surface area contributed by atoms with Crippen molar-refractivity contribution in [3.8, 4) is 28.4 Å². The first kappa shape index (κ1) is 20.7. The fourth-order valence-electron chi connectivity index (χ4n) is 4.57. The zero-order valence-corrected chi connectivity index (χ0v) is 18.0. The van der Waals surface area contributed by atoms with Crippen molar-refractivity contribution in [3.05, 3.63) is 98.7 Å². The van der Waals surface area contributed by atoms with Crippen LogP contribution in [-0.2, 0) is 4.79 Å². The van der Waals surface area contributed by atoms with E-state index in [2.05, 4.69) is 0 Å². The summed E-state index contributed by atoms with van der Waals surface area (Å²) in [7, 11) is 0. The first-order chi connectivity index (χ1) is 16.9. The summed E-state index contributed by atoms with van der Waals surface area (Å²) in [6, 6.07) is 13.9. The van der Waals surface area contributed by atoms with E-state index in [-0.39, 0.29) is 45.4 Å². The van der Waals surface area contributed by atoms with Crippen LogP contribution in [0, 0.1) is 0 Å². The minimum Gasteiger partial charge on any atom is -0.508 e. The lowest BCUT2D eigenvalue weighted by Crippen LogP contribution is -2.25. The van der Waals surface area contributed by atoms with Crippen molar-refractivity contribution in [2.75, 3.05) is 0 Å². The zero-order valence-electron chi connectivity index (χ0n) is 18.0. The topological polar surface area (TPSA) is 127 Å². The molecule has 0 radical (unpaired) electrons. The zero-order chi connectivity index (χ0) is 24.3. The maximum atomic E-state index is 13.4. The second kappa shape index (κ2) is 7.59. The average molecular weight is 468 g/mol. The lowest BCUT2D eigenvalue weighted by molar-refractivity contribution is -0.135. The van der Waals surface area contributed by atoms with Crippen LogP contribution in [-0.4, -0.2) is 16.2 Å². The third kappa shape index (κ3) is 3.18. The van der Waals surface area contributed by atoms with Gasteiger partial charge in [-0.15, -0.1) is 0 Å². The van der Waals surface area contributed by atoms with E-state index in [0.717, 1.165) is 0 Å². The number of benzene rings is 3. The predicted octanol–water partition coefficient (Wildman–Crippen LogP) is 4.42. The highest BCUT2D eigenvalue weighted by molar-refractivity contribution is 5.94. The van der Waals surface area contributed by atoms with E-state index in [4.69, 9.17) is 13.6 Å². The molecule has 5 aromatic rings. The van der Waals surface area contributed by atoms with Gasteiger partial charge in [-0.05, 0) is 29.8 Å². The fourth-order valence-corrected chi connectivity index (χ4v) is 4.57. The molecular weight excluding hydrogens is 452 g/mol. The maximum absolute atomic E-state index is 13.4. The number of hydrogen-bond donors (Lipinski definition) is 2. The Morgan fingerprint density at radius 1 is 0.857 bits per heavy atom. The molecule has 3 heterocycles. The number of esters is 1. The molecule has 0 saturated heterocycles. The van der Waals surface area contributed by atoms with Crippen LogP contribution in [0.4, 0.5) is 0 Å². The van der Waals surface area contributed by atoms with Crippen LogP contribution >= 0.6 is 0 Å². The number of carbonyl (C=O) groups is 1. The summed E-state index contributed by atoms with van der Waals surface area (Å²) < 4.78 is 16.9. The van der Waals surface area contributed by atoms with Crippen molar-refractivity contribution in [2.24, 2.45) is 0 Å². The van der Waals surface area contributed by atoms with Crippen LogP contribution < -0.4 is 15.6 Å². The summed E-state index contributed by atoms with van der Waals surface area (Å²) in [6.07, 6.45) is 2.37. The Kier molecular flexibility index (Phi) is 4.50. The van der Waals surface area contributed by atoms with Crippen LogP contribution in [0.1, 0.15) is 23.5 Å². The van der Waals surface area contributed by atoms with Crippen molar-refractivity contribution in [1.82, 2.24) is 0 Å². The molecule has 6 rings (SSSR count). The van der Waals surface area contributed by atoms with Gasteiger partial charge in [-0.2, -0.15) is 0 Å². The number of fused-ring (bicyclic) bond motifs is 4. The highest BCUT2D eigenvalue weighted by Gasteiger charge is 2.35. The highest BCUT2D eigenvalue weighted by atomic mass is 16.5. The van der Waals surface area contributed by atoms with E-state index in [9.17, 15) is 24.6 Å². The molecule has 0 saturated carbocycles. The Hall–Kier alpha value is -4.85. The molecule has 0 spiro atoms. The summed E-state index contributed by atoms with van der Waals surface area (Å²) in [5.41, 5.74) is 0.738. The number of para-hydroxylation sites is 1. The molecule has 1 atom stereocenters. The van der Waals surface area contributed by atoms with E-state index in [1.54, 1.807) is 36.4 Å². The first-order valence-electron chi connectivity index (χ1n) is 10.7. The molecular formula is C27H16O8. The Morgan fingerprint density at radius 2 is 1.63 bits per heavy atom. The van der Waals surface area contributed by atoms with Crippen molar-refractivity contribution in [3.63, 3.8) is 0 Å². The first-order valence-corrected chi connectivity index (χ1v) is 10.7. The van der Waals surface area contributed by atoms with Crippen molar-refractivity contribution >= 4 is 27.9 Å². The summed E-state index contributed by atoms with van der Waals surface area (Å²) in [6.45, 7) is 0. The molecule has 0 aliphatic carbocycles. The predicted molar refractivity (Wildman–Crippen MR) is 126 cm³/mol. The van der Waals surface area contributed by atoms with Crippen LogP contribution in [0.3, 0.4) is 0 Å². The number of hydrogen-bond acceptors (Lipinski definition) is 8. The summed E-state index contributed by atoms with van der Waals surface area (Å²) >= 11 is 0. The van der Waals surface area contributed by atoms with Crippen LogP contribution in [0.15, 0.2) is 85.5 Å². The Balaban J connectivity index is 1.63. The standard InChI is InChI=1S/C27H16O8/c28-14-7-5-13(6-8-14)17-11-34-27-23-16(18-12-33-20-4-2-1-3-15(20)25(18)31)9-22(30)35-21(23)10-19(29)24(27)26(17)32/h1-8,10-12,16,28-29H,9H2/t16-/m0/s1. The number of phenolic OH excluding ortho intramolecular Hbond substituents is 2. The second-order valence-electron chi connectivity index (χ2n) is 8.28. The van der Waals surface area contributed by atoms with Gasteiger partial charge >= 0.3 is 5.97 Å². The number of ether oxygens (including phenoxy) is 1. The fraction of sp³-hybridized carbons (Fsp3) is 0.0741. The van der Waals surface area contributed by atoms with Gasteiger partial charge in [-0.3, -0.25) is 14.4 Å². The Morgan fingerprint density at radius 3 is 2.43 bits per heavy atom. The number of carbonyl (C=O) groups excluding carboxylic acids is 1. The van der Waals surface area contributed by atoms with E-state index >= 15 is 0 Å². The molecule has 35 heavy (non-hydrogen) atoms. The lowest BCUT2D eigenvalue weighted by atomic mass is 9.85. The second-order valence-corrected chi connectivity index (χ2v) is 8.28. The largest absolute Gasteiger partial charge is 0.508 e. The minimum absolute atomic E-state index is 0.00402. The van der Waals surface area contributed by atoms with Gasteiger partial charge in [0.25, 0.3) is 0 Å². The SMILES string of the molecule is O=C1C[C@@H](c2coc3ccccc3c2=O)c2c(cc(O)c3c(=O)c(-c4ccc(O)cc4)coc23)O1. The Labute approximate surface area is 196 Å². The molecule has 8 nitrogen and oxygen atoms in total. The summed E-state index contributed by atoms with van der Waals surface area (Å²) in [5.74, 6) is -1.80. The molecule has 172 valence electrons. The number of aromatic hydroxyl groups is 2. The molecule has 0 amide bonds. The normalized spacial score (nSPS) is 15.2.